The van der Waals surface area contributed by atoms with Crippen LogP contribution in [-0.4, -0.2) is 39.0 Å². The van der Waals surface area contributed by atoms with E-state index in [4.69, 9.17) is 8.92 Å². The maximum Gasteiger partial charge on any atom is 0.339 e. The second kappa shape index (κ2) is 10.3. The summed E-state index contributed by atoms with van der Waals surface area (Å²) in [4.78, 5) is 13.9. The zero-order chi connectivity index (χ0) is 22.3. The summed E-state index contributed by atoms with van der Waals surface area (Å²) in [6.45, 7) is 6.52. The van der Waals surface area contributed by atoms with Crippen molar-refractivity contribution in [3.8, 4) is 11.5 Å². The highest BCUT2D eigenvalue weighted by atomic mass is 32.2. The van der Waals surface area contributed by atoms with Gasteiger partial charge in [0.25, 0.3) is 0 Å². The van der Waals surface area contributed by atoms with E-state index in [-0.39, 0.29) is 35.0 Å². The summed E-state index contributed by atoms with van der Waals surface area (Å²) in [5.74, 6) is -0.346. The molecule has 0 saturated carbocycles. The summed E-state index contributed by atoms with van der Waals surface area (Å²) in [5, 5.41) is 2.79. The van der Waals surface area contributed by atoms with Gasteiger partial charge in [-0.1, -0.05) is 13.0 Å². The monoisotopic (exact) mass is 438 g/mol. The molecule has 0 fully saturated rings. The zero-order valence-corrected chi connectivity index (χ0v) is 18.3. The first-order valence-electron chi connectivity index (χ1n) is 9.63. The molecule has 0 aliphatic heterocycles. The Morgan fingerprint density at radius 2 is 1.80 bits per heavy atom. The van der Waals surface area contributed by atoms with E-state index < -0.39 is 15.9 Å². The molecule has 0 saturated heterocycles. The molecule has 2 aromatic carbocycles. The van der Waals surface area contributed by atoms with Gasteiger partial charge in [-0.05, 0) is 62.2 Å². The van der Waals surface area contributed by atoms with Crippen molar-refractivity contribution in [2.24, 2.45) is 0 Å². The van der Waals surface area contributed by atoms with Gasteiger partial charge in [0.1, 0.15) is 10.7 Å². The van der Waals surface area contributed by atoms with Crippen LogP contribution in [-0.2, 0) is 16.7 Å². The average Bonchev–Trinajstić information content (AvgIpc) is 2.71. The maximum atomic E-state index is 13.1. The molecule has 0 heterocycles. The third-order valence-corrected chi connectivity index (χ3v) is 5.84. The molecule has 2 aromatic rings. The molecule has 2 amide bonds. The summed E-state index contributed by atoms with van der Waals surface area (Å²) in [7, 11) is -2.80. The largest absolute Gasteiger partial charge is 0.493 e. The first-order valence-corrected chi connectivity index (χ1v) is 11.0. The Morgan fingerprint density at radius 3 is 2.37 bits per heavy atom. The van der Waals surface area contributed by atoms with E-state index in [1.54, 1.807) is 17.0 Å². The van der Waals surface area contributed by atoms with Crippen molar-refractivity contribution < 1.29 is 26.5 Å². The van der Waals surface area contributed by atoms with E-state index in [1.807, 2.05) is 20.8 Å². The standard InChI is InChI=1S/C21H27FN2O5S/c1-5-15(3)24(21(25)23-6-2)14-16-7-12-19(28-4)20(13-16)29-30(26,27)18-10-8-17(22)9-11-18/h7-13,15H,5-6,14H2,1-4H3,(H,23,25)/t15-/m1/s1. The van der Waals surface area contributed by atoms with Crippen molar-refractivity contribution in [2.45, 2.75) is 44.7 Å². The van der Waals surface area contributed by atoms with Gasteiger partial charge in [-0.2, -0.15) is 8.42 Å². The number of urea groups is 1. The molecule has 0 unspecified atom stereocenters. The second-order valence-electron chi connectivity index (χ2n) is 6.70. The molecular weight excluding hydrogens is 411 g/mol. The van der Waals surface area contributed by atoms with Gasteiger partial charge in [-0.25, -0.2) is 9.18 Å². The number of rotatable bonds is 9. The first kappa shape index (κ1) is 23.5. The van der Waals surface area contributed by atoms with Gasteiger partial charge in [0.15, 0.2) is 11.5 Å². The molecular formula is C21H27FN2O5S. The highest BCUT2D eigenvalue weighted by Crippen LogP contribution is 2.31. The van der Waals surface area contributed by atoms with Gasteiger partial charge in [0.2, 0.25) is 0 Å². The van der Waals surface area contributed by atoms with Crippen LogP contribution in [0.1, 0.15) is 32.8 Å². The Bertz CT molecular complexity index is 964. The van der Waals surface area contributed by atoms with Crippen LogP contribution in [0, 0.1) is 5.82 Å². The van der Waals surface area contributed by atoms with Crippen molar-refractivity contribution >= 4 is 16.1 Å². The highest BCUT2D eigenvalue weighted by Gasteiger charge is 2.22. The molecule has 0 aliphatic rings. The van der Waals surface area contributed by atoms with E-state index in [0.717, 1.165) is 30.7 Å². The number of carbonyl (C=O) groups excluding carboxylic acids is 1. The molecule has 0 bridgehead atoms. The Balaban J connectivity index is 2.34. The highest BCUT2D eigenvalue weighted by molar-refractivity contribution is 7.87. The van der Waals surface area contributed by atoms with E-state index in [9.17, 15) is 17.6 Å². The fourth-order valence-corrected chi connectivity index (χ4v) is 3.68. The van der Waals surface area contributed by atoms with E-state index in [1.165, 1.54) is 13.2 Å². The van der Waals surface area contributed by atoms with Gasteiger partial charge in [-0.15, -0.1) is 0 Å². The number of halogens is 1. The summed E-state index contributed by atoms with van der Waals surface area (Å²) >= 11 is 0. The Hall–Kier alpha value is -2.81. The minimum atomic E-state index is -4.19. The third kappa shape index (κ3) is 5.85. The summed E-state index contributed by atoms with van der Waals surface area (Å²) in [5.41, 5.74) is 0.673. The molecule has 9 heteroatoms. The zero-order valence-electron chi connectivity index (χ0n) is 17.5. The van der Waals surface area contributed by atoms with Gasteiger partial charge >= 0.3 is 16.1 Å². The third-order valence-electron chi connectivity index (χ3n) is 4.59. The van der Waals surface area contributed by atoms with Crippen LogP contribution in [0.4, 0.5) is 9.18 Å². The molecule has 1 N–H and O–H groups in total. The molecule has 0 aromatic heterocycles. The number of hydrogen-bond acceptors (Lipinski definition) is 5. The van der Waals surface area contributed by atoms with Crippen LogP contribution in [0.2, 0.25) is 0 Å². The smallest absolute Gasteiger partial charge is 0.339 e. The number of nitrogens with one attached hydrogen (secondary N) is 1. The first-order chi connectivity index (χ1) is 14.2. The lowest BCUT2D eigenvalue weighted by atomic mass is 10.1. The Kier molecular flexibility index (Phi) is 8.05. The minimum Gasteiger partial charge on any atom is -0.493 e. The number of benzene rings is 2. The van der Waals surface area contributed by atoms with Gasteiger partial charge in [-0.3, -0.25) is 0 Å². The number of hydrogen-bond donors (Lipinski definition) is 1. The lowest BCUT2D eigenvalue weighted by Crippen LogP contribution is -2.44. The molecule has 1 atom stereocenters. The summed E-state index contributed by atoms with van der Waals surface area (Å²) in [6, 6.07) is 8.95. The van der Waals surface area contributed by atoms with Crippen LogP contribution >= 0.6 is 0 Å². The Morgan fingerprint density at radius 1 is 1.13 bits per heavy atom. The van der Waals surface area contributed by atoms with E-state index in [2.05, 4.69) is 5.32 Å². The second-order valence-corrected chi connectivity index (χ2v) is 8.24. The van der Waals surface area contributed by atoms with Crippen molar-refractivity contribution in [1.29, 1.82) is 0 Å². The van der Waals surface area contributed by atoms with Crippen molar-refractivity contribution in [3.63, 3.8) is 0 Å². The molecule has 0 aliphatic carbocycles. The number of nitrogens with zero attached hydrogens (tertiary/aromatic N) is 1. The number of amides is 2. The molecule has 164 valence electrons. The lowest BCUT2D eigenvalue weighted by Gasteiger charge is -2.29. The van der Waals surface area contributed by atoms with Gasteiger partial charge < -0.3 is 19.1 Å². The van der Waals surface area contributed by atoms with Gasteiger partial charge in [0.05, 0.1) is 7.11 Å². The van der Waals surface area contributed by atoms with Gasteiger partial charge in [0, 0.05) is 19.1 Å². The van der Waals surface area contributed by atoms with Crippen LogP contribution in [0.15, 0.2) is 47.4 Å². The summed E-state index contributed by atoms with van der Waals surface area (Å²) < 4.78 is 48.8. The van der Waals surface area contributed by atoms with Crippen LogP contribution in [0.5, 0.6) is 11.5 Å². The SMILES string of the molecule is CCNC(=O)N(Cc1ccc(OC)c(OS(=O)(=O)c2ccc(F)cc2)c1)[C@H](C)CC. The van der Waals surface area contributed by atoms with Crippen LogP contribution < -0.4 is 14.2 Å². The van der Waals surface area contributed by atoms with Crippen LogP contribution in [0.25, 0.3) is 0 Å². The fraction of sp³-hybridized carbons (Fsp3) is 0.381. The quantitative estimate of drug-likeness (QED) is 0.600. The van der Waals surface area contributed by atoms with E-state index in [0.29, 0.717) is 12.1 Å². The molecule has 0 spiro atoms. The fourth-order valence-electron chi connectivity index (χ4n) is 2.75. The van der Waals surface area contributed by atoms with E-state index >= 15 is 0 Å². The molecule has 7 nitrogen and oxygen atoms in total. The number of ether oxygens (including phenoxy) is 1. The molecule has 2 rings (SSSR count). The lowest BCUT2D eigenvalue weighted by molar-refractivity contribution is 0.174. The average molecular weight is 439 g/mol. The van der Waals surface area contributed by atoms with Crippen molar-refractivity contribution in [2.75, 3.05) is 13.7 Å². The predicted molar refractivity (Wildman–Crippen MR) is 112 cm³/mol. The number of carbonyl (C=O) groups is 1. The number of methoxy groups -OCH3 is 1. The Labute approximate surface area is 176 Å². The topological polar surface area (TPSA) is 84.9 Å². The molecule has 0 radical (unpaired) electrons. The van der Waals surface area contributed by atoms with Crippen molar-refractivity contribution in [1.82, 2.24) is 10.2 Å². The van der Waals surface area contributed by atoms with Crippen molar-refractivity contribution in [3.05, 3.63) is 53.8 Å². The minimum absolute atomic E-state index is 0.0145. The normalized spacial score (nSPS) is 12.2. The molecule has 30 heavy (non-hydrogen) atoms. The summed E-state index contributed by atoms with van der Waals surface area (Å²) in [6.07, 6.45) is 0.760. The predicted octanol–water partition coefficient (Wildman–Crippen LogP) is 3.93. The van der Waals surface area contributed by atoms with Crippen LogP contribution in [0.3, 0.4) is 0 Å². The maximum absolute atomic E-state index is 13.1.